The van der Waals surface area contributed by atoms with Crippen LogP contribution in [0.3, 0.4) is 0 Å². The third kappa shape index (κ3) is 4.13. The Balaban J connectivity index is 2.68. The molecule has 0 aliphatic rings. The third-order valence-corrected chi connectivity index (χ3v) is 4.24. The molecule has 0 radical (unpaired) electrons. The van der Waals surface area contributed by atoms with Gasteiger partial charge in [-0.15, -0.1) is 11.3 Å². The second-order valence-corrected chi connectivity index (χ2v) is 5.84. The summed E-state index contributed by atoms with van der Waals surface area (Å²) < 4.78 is 0. The van der Waals surface area contributed by atoms with Crippen molar-refractivity contribution in [2.24, 2.45) is 0 Å². The maximum Gasteiger partial charge on any atom is 0.103 e. The third-order valence-electron chi connectivity index (χ3n) is 2.08. The van der Waals surface area contributed by atoms with E-state index in [1.807, 2.05) is 30.1 Å². The van der Waals surface area contributed by atoms with Crippen LogP contribution in [0.2, 0.25) is 0 Å². The van der Waals surface area contributed by atoms with Gasteiger partial charge in [-0.05, 0) is 19.2 Å². The van der Waals surface area contributed by atoms with Crippen LogP contribution < -0.4 is 5.32 Å². The van der Waals surface area contributed by atoms with Gasteiger partial charge in [-0.25, -0.2) is 4.98 Å². The van der Waals surface area contributed by atoms with E-state index >= 15 is 0 Å². The molecule has 1 N–H and O–H groups in total. The van der Waals surface area contributed by atoms with E-state index < -0.39 is 0 Å². The summed E-state index contributed by atoms with van der Waals surface area (Å²) in [6.45, 7) is 5.37. The average Bonchev–Trinajstić information content (AvgIpc) is 2.59. The molecule has 0 aliphatic heterocycles. The first-order valence-corrected chi connectivity index (χ1v) is 7.48. The van der Waals surface area contributed by atoms with E-state index in [4.69, 9.17) is 4.98 Å². The zero-order valence-electron chi connectivity index (χ0n) is 9.80. The predicted molar refractivity (Wildman–Crippen MR) is 70.7 cm³/mol. The van der Waals surface area contributed by atoms with Crippen molar-refractivity contribution >= 4 is 23.1 Å². The van der Waals surface area contributed by atoms with Crippen LogP contribution in [-0.4, -0.2) is 17.8 Å². The fourth-order valence-corrected chi connectivity index (χ4v) is 3.27. The molecule has 0 atom stereocenters. The van der Waals surface area contributed by atoms with Crippen LogP contribution in [0.25, 0.3) is 0 Å². The summed E-state index contributed by atoms with van der Waals surface area (Å²) in [5.74, 6) is 2.24. The SMILES string of the molecule is CCCc1nc(CSCC)sc1CNC. The number of hydrogen-bond donors (Lipinski definition) is 1. The van der Waals surface area contributed by atoms with Gasteiger partial charge in [-0.1, -0.05) is 20.3 Å². The molecule has 0 aromatic carbocycles. The normalized spacial score (nSPS) is 10.9. The van der Waals surface area contributed by atoms with Crippen LogP contribution in [0.5, 0.6) is 0 Å². The Morgan fingerprint density at radius 1 is 1.40 bits per heavy atom. The molecular weight excluding hydrogens is 224 g/mol. The van der Waals surface area contributed by atoms with Crippen LogP contribution in [-0.2, 0) is 18.7 Å². The van der Waals surface area contributed by atoms with E-state index in [2.05, 4.69) is 19.2 Å². The van der Waals surface area contributed by atoms with E-state index in [-0.39, 0.29) is 0 Å². The molecule has 0 amide bonds. The zero-order chi connectivity index (χ0) is 11.1. The summed E-state index contributed by atoms with van der Waals surface area (Å²) in [5.41, 5.74) is 1.31. The lowest BCUT2D eigenvalue weighted by atomic mass is 10.2. The van der Waals surface area contributed by atoms with Crippen molar-refractivity contribution < 1.29 is 0 Å². The minimum absolute atomic E-state index is 0.962. The molecule has 2 nitrogen and oxygen atoms in total. The molecule has 0 saturated heterocycles. The van der Waals surface area contributed by atoms with Gasteiger partial charge in [-0.2, -0.15) is 11.8 Å². The number of thiazole rings is 1. The Labute approximate surface area is 101 Å². The number of aryl methyl sites for hydroxylation is 1. The van der Waals surface area contributed by atoms with Gasteiger partial charge in [-0.3, -0.25) is 0 Å². The van der Waals surface area contributed by atoms with Crippen molar-refractivity contribution in [3.05, 3.63) is 15.6 Å². The first-order valence-electron chi connectivity index (χ1n) is 5.51. The van der Waals surface area contributed by atoms with E-state index in [0.29, 0.717) is 0 Å². The lowest BCUT2D eigenvalue weighted by Crippen LogP contribution is -2.05. The van der Waals surface area contributed by atoms with Gasteiger partial charge < -0.3 is 5.32 Å². The molecule has 86 valence electrons. The van der Waals surface area contributed by atoms with Crippen LogP contribution >= 0.6 is 23.1 Å². The first-order chi connectivity index (χ1) is 7.31. The molecule has 1 heterocycles. The summed E-state index contributed by atoms with van der Waals surface area (Å²) in [7, 11) is 2.00. The van der Waals surface area contributed by atoms with Gasteiger partial charge in [0.25, 0.3) is 0 Å². The summed E-state index contributed by atoms with van der Waals surface area (Å²) in [5, 5.41) is 4.50. The van der Waals surface area contributed by atoms with Crippen molar-refractivity contribution in [1.29, 1.82) is 0 Å². The van der Waals surface area contributed by atoms with Crippen LogP contribution in [0.1, 0.15) is 35.8 Å². The second-order valence-electron chi connectivity index (χ2n) is 3.39. The van der Waals surface area contributed by atoms with Crippen molar-refractivity contribution in [1.82, 2.24) is 10.3 Å². The van der Waals surface area contributed by atoms with Gasteiger partial charge in [0.2, 0.25) is 0 Å². The molecule has 4 heteroatoms. The topological polar surface area (TPSA) is 24.9 Å². The Kier molecular flexibility index (Phi) is 6.29. The van der Waals surface area contributed by atoms with Gasteiger partial charge in [0, 0.05) is 17.2 Å². The van der Waals surface area contributed by atoms with Crippen LogP contribution in [0.15, 0.2) is 0 Å². The number of hydrogen-bond acceptors (Lipinski definition) is 4. The lowest BCUT2D eigenvalue weighted by Gasteiger charge is -1.98. The van der Waals surface area contributed by atoms with Crippen LogP contribution in [0.4, 0.5) is 0 Å². The Morgan fingerprint density at radius 3 is 2.80 bits per heavy atom. The summed E-state index contributed by atoms with van der Waals surface area (Å²) >= 11 is 3.82. The smallest absolute Gasteiger partial charge is 0.103 e. The lowest BCUT2D eigenvalue weighted by molar-refractivity contribution is 0.797. The highest BCUT2D eigenvalue weighted by Crippen LogP contribution is 2.23. The fourth-order valence-electron chi connectivity index (χ4n) is 1.42. The number of aromatic nitrogens is 1. The number of thioether (sulfide) groups is 1. The van der Waals surface area contributed by atoms with Crippen LogP contribution in [0, 0.1) is 0 Å². The highest BCUT2D eigenvalue weighted by molar-refractivity contribution is 7.98. The summed E-state index contributed by atoms with van der Waals surface area (Å²) in [4.78, 5) is 6.14. The summed E-state index contributed by atoms with van der Waals surface area (Å²) in [6, 6.07) is 0. The molecule has 1 rings (SSSR count). The fraction of sp³-hybridized carbons (Fsp3) is 0.727. The standard InChI is InChI=1S/C11H20N2S2/c1-4-6-9-10(7-12-3)15-11(13-9)8-14-5-2/h12H,4-8H2,1-3H3. The molecule has 1 aromatic rings. The van der Waals surface area contributed by atoms with Crippen molar-refractivity contribution in [3.63, 3.8) is 0 Å². The highest BCUT2D eigenvalue weighted by Gasteiger charge is 2.09. The quantitative estimate of drug-likeness (QED) is 0.798. The minimum atomic E-state index is 0.962. The minimum Gasteiger partial charge on any atom is -0.315 e. The monoisotopic (exact) mass is 244 g/mol. The van der Waals surface area contributed by atoms with Crippen molar-refractivity contribution in [2.45, 2.75) is 39.0 Å². The summed E-state index contributed by atoms with van der Waals surface area (Å²) in [6.07, 6.45) is 2.30. The van der Waals surface area contributed by atoms with E-state index in [0.717, 1.165) is 18.7 Å². The number of rotatable bonds is 7. The Morgan fingerprint density at radius 2 is 2.20 bits per heavy atom. The molecule has 1 aromatic heterocycles. The van der Waals surface area contributed by atoms with Crippen molar-refractivity contribution in [3.8, 4) is 0 Å². The zero-order valence-corrected chi connectivity index (χ0v) is 11.4. The highest BCUT2D eigenvalue weighted by atomic mass is 32.2. The Bertz CT molecular complexity index is 261. The number of nitrogens with zero attached hydrogens (tertiary/aromatic N) is 1. The Hall–Kier alpha value is -0.0600. The van der Waals surface area contributed by atoms with Gasteiger partial charge in [0.05, 0.1) is 5.69 Å². The van der Waals surface area contributed by atoms with E-state index in [1.54, 1.807) is 0 Å². The van der Waals surface area contributed by atoms with Gasteiger partial charge in [0.1, 0.15) is 5.01 Å². The average molecular weight is 244 g/mol. The van der Waals surface area contributed by atoms with Gasteiger partial charge in [0.15, 0.2) is 0 Å². The molecule has 0 fully saturated rings. The second kappa shape index (κ2) is 7.25. The molecule has 15 heavy (non-hydrogen) atoms. The number of nitrogens with one attached hydrogen (secondary N) is 1. The van der Waals surface area contributed by atoms with Crippen molar-refractivity contribution in [2.75, 3.05) is 12.8 Å². The predicted octanol–water partition coefficient (Wildman–Crippen LogP) is 3.07. The first kappa shape index (κ1) is 13.0. The molecule has 0 spiro atoms. The molecular formula is C11H20N2S2. The maximum atomic E-state index is 4.71. The maximum absolute atomic E-state index is 4.71. The molecule has 0 aliphatic carbocycles. The van der Waals surface area contributed by atoms with Gasteiger partial charge >= 0.3 is 0 Å². The largest absolute Gasteiger partial charge is 0.315 e. The molecule has 0 bridgehead atoms. The van der Waals surface area contributed by atoms with E-state index in [9.17, 15) is 0 Å². The molecule has 0 unspecified atom stereocenters. The molecule has 0 saturated carbocycles. The van der Waals surface area contributed by atoms with E-state index in [1.165, 1.54) is 27.8 Å².